The second-order valence-electron chi connectivity index (χ2n) is 5.64. The fourth-order valence-corrected chi connectivity index (χ4v) is 3.06. The smallest absolute Gasteiger partial charge is 0.409 e. The third kappa shape index (κ3) is 3.14. The first kappa shape index (κ1) is 13.6. The number of ether oxygens (including phenoxy) is 1. The molecule has 0 radical (unpaired) electrons. The molecule has 104 valence electrons. The van der Waals surface area contributed by atoms with Crippen molar-refractivity contribution < 1.29 is 9.53 Å². The van der Waals surface area contributed by atoms with Gasteiger partial charge in [0.2, 0.25) is 0 Å². The summed E-state index contributed by atoms with van der Waals surface area (Å²) in [4.78, 5) is 15.7. The van der Waals surface area contributed by atoms with Crippen LogP contribution in [0.4, 0.5) is 4.79 Å². The van der Waals surface area contributed by atoms with Gasteiger partial charge in [0.05, 0.1) is 7.11 Å². The quantitative estimate of drug-likeness (QED) is 0.796. The Bertz CT molecular complexity index is 288. The summed E-state index contributed by atoms with van der Waals surface area (Å²) in [6, 6.07) is 1.64. The maximum Gasteiger partial charge on any atom is 0.409 e. The number of methoxy groups -OCH3 is 1. The molecule has 1 N–H and O–H groups in total. The van der Waals surface area contributed by atoms with Crippen LogP contribution in [0.2, 0.25) is 0 Å². The van der Waals surface area contributed by atoms with E-state index in [4.69, 9.17) is 4.74 Å². The first-order chi connectivity index (χ1) is 8.60. The summed E-state index contributed by atoms with van der Waals surface area (Å²) >= 11 is 0. The minimum Gasteiger partial charge on any atom is -0.453 e. The van der Waals surface area contributed by atoms with E-state index in [-0.39, 0.29) is 6.09 Å². The molecule has 0 spiro atoms. The standard InChI is InChI=1S/C13H25N3O2/c1-10-7-12(8-15(10)2)14-11-5-4-6-16(9-11)13(17)18-3/h10-12,14H,4-9H2,1-3H3/t10-,11-,12+/m0/s1. The van der Waals surface area contributed by atoms with E-state index in [9.17, 15) is 4.79 Å². The maximum atomic E-state index is 11.5. The molecule has 2 rings (SSSR count). The van der Waals surface area contributed by atoms with Gasteiger partial charge >= 0.3 is 6.09 Å². The molecule has 1 amide bonds. The van der Waals surface area contributed by atoms with Crippen LogP contribution in [0.5, 0.6) is 0 Å². The molecule has 0 aromatic heterocycles. The molecule has 0 bridgehead atoms. The lowest BCUT2D eigenvalue weighted by molar-refractivity contribution is 0.106. The summed E-state index contributed by atoms with van der Waals surface area (Å²) in [7, 11) is 3.63. The van der Waals surface area contributed by atoms with Crippen LogP contribution >= 0.6 is 0 Å². The van der Waals surface area contributed by atoms with Crippen LogP contribution in [0.3, 0.4) is 0 Å². The SMILES string of the molecule is COC(=O)N1CCC[C@H](N[C@@H]2C[C@H](C)N(C)C2)C1. The van der Waals surface area contributed by atoms with E-state index in [0.717, 1.165) is 32.5 Å². The van der Waals surface area contributed by atoms with Crippen molar-refractivity contribution >= 4 is 6.09 Å². The van der Waals surface area contributed by atoms with Gasteiger partial charge in [-0.1, -0.05) is 0 Å². The van der Waals surface area contributed by atoms with Crippen molar-refractivity contribution in [1.82, 2.24) is 15.1 Å². The average Bonchev–Trinajstić information content (AvgIpc) is 2.67. The van der Waals surface area contributed by atoms with Gasteiger partial charge in [0.15, 0.2) is 0 Å². The number of nitrogens with one attached hydrogen (secondary N) is 1. The number of carbonyl (C=O) groups is 1. The molecule has 2 aliphatic heterocycles. The molecule has 3 atom stereocenters. The molecule has 0 aromatic rings. The van der Waals surface area contributed by atoms with Crippen molar-refractivity contribution in [3.8, 4) is 0 Å². The van der Waals surface area contributed by atoms with Crippen molar-refractivity contribution in [2.24, 2.45) is 0 Å². The summed E-state index contributed by atoms with van der Waals surface area (Å²) in [5, 5.41) is 3.70. The number of rotatable bonds is 2. The number of carbonyl (C=O) groups excluding carboxylic acids is 1. The normalized spacial score (nSPS) is 33.7. The molecule has 0 saturated carbocycles. The average molecular weight is 255 g/mol. The zero-order valence-corrected chi connectivity index (χ0v) is 11.7. The number of hydrogen-bond acceptors (Lipinski definition) is 4. The van der Waals surface area contributed by atoms with Crippen LogP contribution < -0.4 is 5.32 Å². The van der Waals surface area contributed by atoms with Crippen LogP contribution in [0.25, 0.3) is 0 Å². The van der Waals surface area contributed by atoms with Gasteiger partial charge in [-0.25, -0.2) is 4.79 Å². The summed E-state index contributed by atoms with van der Waals surface area (Å²) in [6.45, 7) is 4.98. The van der Waals surface area contributed by atoms with Gasteiger partial charge in [0.1, 0.15) is 0 Å². The van der Waals surface area contributed by atoms with E-state index in [1.807, 2.05) is 4.90 Å². The Labute approximate surface area is 109 Å². The number of hydrogen-bond donors (Lipinski definition) is 1. The molecular weight excluding hydrogens is 230 g/mol. The lowest BCUT2D eigenvalue weighted by Crippen LogP contribution is -2.51. The van der Waals surface area contributed by atoms with E-state index >= 15 is 0 Å². The molecule has 5 heteroatoms. The van der Waals surface area contributed by atoms with Crippen molar-refractivity contribution in [2.75, 3.05) is 33.8 Å². The van der Waals surface area contributed by atoms with Gasteiger partial charge < -0.3 is 19.9 Å². The van der Waals surface area contributed by atoms with Crippen LogP contribution in [0.15, 0.2) is 0 Å². The Hall–Kier alpha value is -0.810. The summed E-state index contributed by atoms with van der Waals surface area (Å²) in [5.41, 5.74) is 0. The Morgan fingerprint density at radius 3 is 2.72 bits per heavy atom. The van der Waals surface area contributed by atoms with E-state index in [0.29, 0.717) is 18.1 Å². The van der Waals surface area contributed by atoms with Gasteiger partial charge in [-0.15, -0.1) is 0 Å². The third-order valence-corrected chi connectivity index (χ3v) is 4.21. The molecule has 0 aromatic carbocycles. The molecule has 0 aliphatic carbocycles. The molecule has 2 heterocycles. The van der Waals surface area contributed by atoms with Crippen molar-refractivity contribution in [3.63, 3.8) is 0 Å². The highest BCUT2D eigenvalue weighted by molar-refractivity contribution is 5.67. The zero-order chi connectivity index (χ0) is 13.1. The number of likely N-dealkylation sites (tertiary alicyclic amines) is 2. The first-order valence-corrected chi connectivity index (χ1v) is 6.89. The van der Waals surface area contributed by atoms with Crippen molar-refractivity contribution in [1.29, 1.82) is 0 Å². The molecule has 2 fully saturated rings. The number of amides is 1. The van der Waals surface area contributed by atoms with Crippen molar-refractivity contribution in [2.45, 2.75) is 44.3 Å². The minimum atomic E-state index is -0.196. The van der Waals surface area contributed by atoms with E-state index < -0.39 is 0 Å². The van der Waals surface area contributed by atoms with Crippen LogP contribution in [-0.4, -0.2) is 67.8 Å². The topological polar surface area (TPSA) is 44.8 Å². The molecule has 5 nitrogen and oxygen atoms in total. The zero-order valence-electron chi connectivity index (χ0n) is 11.7. The largest absolute Gasteiger partial charge is 0.453 e. The predicted molar refractivity (Wildman–Crippen MR) is 70.6 cm³/mol. The fraction of sp³-hybridized carbons (Fsp3) is 0.923. The highest BCUT2D eigenvalue weighted by atomic mass is 16.5. The van der Waals surface area contributed by atoms with Gasteiger partial charge in [0.25, 0.3) is 0 Å². The van der Waals surface area contributed by atoms with Crippen LogP contribution in [0, 0.1) is 0 Å². The lowest BCUT2D eigenvalue weighted by Gasteiger charge is -2.33. The Morgan fingerprint density at radius 1 is 1.33 bits per heavy atom. The maximum absolute atomic E-state index is 11.5. The second-order valence-corrected chi connectivity index (χ2v) is 5.64. The predicted octanol–water partition coefficient (Wildman–Crippen LogP) is 0.899. The monoisotopic (exact) mass is 255 g/mol. The molecule has 18 heavy (non-hydrogen) atoms. The third-order valence-electron chi connectivity index (χ3n) is 4.21. The fourth-order valence-electron chi connectivity index (χ4n) is 3.06. The van der Waals surface area contributed by atoms with E-state index in [2.05, 4.69) is 24.2 Å². The minimum absolute atomic E-state index is 0.196. The Balaban J connectivity index is 1.81. The Kier molecular flexibility index (Phi) is 4.45. The lowest BCUT2D eigenvalue weighted by atomic mass is 10.0. The number of likely N-dealkylation sites (N-methyl/N-ethyl adjacent to an activating group) is 1. The summed E-state index contributed by atoms with van der Waals surface area (Å²) < 4.78 is 4.79. The molecular formula is C13H25N3O2. The second kappa shape index (κ2) is 5.89. The Morgan fingerprint density at radius 2 is 2.11 bits per heavy atom. The molecule has 0 unspecified atom stereocenters. The van der Waals surface area contributed by atoms with Crippen LogP contribution in [0.1, 0.15) is 26.2 Å². The van der Waals surface area contributed by atoms with Gasteiger partial charge in [-0.2, -0.15) is 0 Å². The van der Waals surface area contributed by atoms with Crippen LogP contribution in [-0.2, 0) is 4.74 Å². The van der Waals surface area contributed by atoms with Crippen molar-refractivity contribution in [3.05, 3.63) is 0 Å². The van der Waals surface area contributed by atoms with Gasteiger partial charge in [-0.3, -0.25) is 0 Å². The highest BCUT2D eigenvalue weighted by Gasteiger charge is 2.30. The van der Waals surface area contributed by atoms with Gasteiger partial charge in [0, 0.05) is 37.8 Å². The summed E-state index contributed by atoms with van der Waals surface area (Å²) in [5.74, 6) is 0. The first-order valence-electron chi connectivity index (χ1n) is 6.89. The van der Waals surface area contributed by atoms with E-state index in [1.54, 1.807) is 0 Å². The highest BCUT2D eigenvalue weighted by Crippen LogP contribution is 2.18. The molecule has 2 aliphatic rings. The summed E-state index contributed by atoms with van der Waals surface area (Å²) in [6.07, 6.45) is 3.22. The van der Waals surface area contributed by atoms with E-state index in [1.165, 1.54) is 13.5 Å². The van der Waals surface area contributed by atoms with Gasteiger partial charge in [-0.05, 0) is 33.2 Å². The number of piperidine rings is 1. The molecule has 2 saturated heterocycles. The number of nitrogens with zero attached hydrogens (tertiary/aromatic N) is 2.